The molecule has 0 aliphatic carbocycles. The molecule has 3 rings (SSSR count). The van der Waals surface area contributed by atoms with E-state index >= 15 is 0 Å². The SMILES string of the molecule is COc1cc(/C=N/NC(=O)C[NH+]2CCN(c3ccc(F)cc3)CC2)ccc1O. The molecule has 1 aliphatic heterocycles. The molecule has 7 nitrogen and oxygen atoms in total. The van der Waals surface area contributed by atoms with Gasteiger partial charge in [0.05, 0.1) is 39.5 Å². The van der Waals surface area contributed by atoms with Crippen molar-refractivity contribution >= 4 is 17.8 Å². The van der Waals surface area contributed by atoms with Gasteiger partial charge in [0, 0.05) is 5.69 Å². The van der Waals surface area contributed by atoms with Crippen molar-refractivity contribution in [2.45, 2.75) is 0 Å². The lowest BCUT2D eigenvalue weighted by molar-refractivity contribution is -0.892. The zero-order valence-corrected chi connectivity index (χ0v) is 15.7. The minimum Gasteiger partial charge on any atom is -0.504 e. The lowest BCUT2D eigenvalue weighted by Gasteiger charge is -2.33. The molecule has 0 spiro atoms. The number of aromatic hydroxyl groups is 1. The van der Waals surface area contributed by atoms with Crippen molar-refractivity contribution < 1.29 is 23.9 Å². The van der Waals surface area contributed by atoms with Gasteiger partial charge in [0.15, 0.2) is 18.0 Å². The number of anilines is 1. The molecule has 0 aromatic heterocycles. The second kappa shape index (κ2) is 9.18. The Balaban J connectivity index is 1.44. The minimum absolute atomic E-state index is 0.0482. The number of nitrogens with zero attached hydrogens (tertiary/aromatic N) is 2. The number of rotatable bonds is 6. The average molecular weight is 387 g/mol. The van der Waals surface area contributed by atoms with E-state index in [-0.39, 0.29) is 17.5 Å². The number of hydrazone groups is 1. The molecule has 1 saturated heterocycles. The molecule has 1 fully saturated rings. The number of hydrogen-bond acceptors (Lipinski definition) is 5. The standard InChI is InChI=1S/C20H23FN4O3/c1-28-19-12-15(2-7-18(19)26)13-22-23-20(27)14-24-8-10-25(11-9-24)17-5-3-16(21)4-6-17/h2-7,12-13,26H,8-11,14H2,1H3,(H,23,27)/p+1/b22-13+. The largest absolute Gasteiger partial charge is 0.504 e. The van der Waals surface area contributed by atoms with Crippen LogP contribution in [0.2, 0.25) is 0 Å². The number of quaternary nitrogens is 1. The van der Waals surface area contributed by atoms with Crippen LogP contribution in [0.15, 0.2) is 47.6 Å². The summed E-state index contributed by atoms with van der Waals surface area (Å²) in [6.45, 7) is 3.61. The van der Waals surface area contributed by atoms with Gasteiger partial charge in [-0.1, -0.05) is 0 Å². The van der Waals surface area contributed by atoms with Crippen molar-refractivity contribution in [3.05, 3.63) is 53.8 Å². The molecule has 3 N–H and O–H groups in total. The van der Waals surface area contributed by atoms with Crippen molar-refractivity contribution in [2.75, 3.05) is 44.7 Å². The number of piperazine rings is 1. The molecule has 0 bridgehead atoms. The molecule has 1 aliphatic rings. The van der Waals surface area contributed by atoms with Gasteiger partial charge in [0.25, 0.3) is 5.91 Å². The van der Waals surface area contributed by atoms with Crippen LogP contribution in [0, 0.1) is 5.82 Å². The lowest BCUT2D eigenvalue weighted by atomic mass is 10.2. The lowest BCUT2D eigenvalue weighted by Crippen LogP contribution is -3.15. The van der Waals surface area contributed by atoms with Crippen molar-refractivity contribution in [2.24, 2.45) is 5.10 Å². The Bertz CT molecular complexity index is 834. The van der Waals surface area contributed by atoms with E-state index in [0.717, 1.165) is 31.9 Å². The molecule has 0 saturated carbocycles. The van der Waals surface area contributed by atoms with E-state index < -0.39 is 0 Å². The molecular formula is C20H24FN4O3+. The number of phenols is 1. The molecule has 0 unspecified atom stereocenters. The Morgan fingerprint density at radius 1 is 1.29 bits per heavy atom. The Morgan fingerprint density at radius 3 is 2.68 bits per heavy atom. The number of carbonyl (C=O) groups excluding carboxylic acids is 1. The van der Waals surface area contributed by atoms with Gasteiger partial charge in [0.1, 0.15) is 5.82 Å². The normalized spacial score (nSPS) is 15.0. The van der Waals surface area contributed by atoms with Crippen LogP contribution < -0.4 is 20.0 Å². The molecule has 2 aromatic rings. The monoisotopic (exact) mass is 387 g/mol. The summed E-state index contributed by atoms with van der Waals surface area (Å²) in [5, 5.41) is 13.5. The van der Waals surface area contributed by atoms with E-state index in [1.54, 1.807) is 24.3 Å². The van der Waals surface area contributed by atoms with Crippen LogP contribution in [0.1, 0.15) is 5.56 Å². The summed E-state index contributed by atoms with van der Waals surface area (Å²) >= 11 is 0. The fourth-order valence-electron chi connectivity index (χ4n) is 3.13. The molecule has 1 amide bonds. The van der Waals surface area contributed by atoms with Crippen molar-refractivity contribution in [1.82, 2.24) is 5.43 Å². The number of halogens is 1. The van der Waals surface area contributed by atoms with Crippen LogP contribution in [-0.4, -0.2) is 57.1 Å². The maximum Gasteiger partial charge on any atom is 0.295 e. The highest BCUT2D eigenvalue weighted by Crippen LogP contribution is 2.25. The highest BCUT2D eigenvalue weighted by molar-refractivity contribution is 5.83. The van der Waals surface area contributed by atoms with Crippen LogP contribution in [0.5, 0.6) is 11.5 Å². The van der Waals surface area contributed by atoms with Gasteiger partial charge in [-0.05, 0) is 48.0 Å². The van der Waals surface area contributed by atoms with Crippen LogP contribution in [0.25, 0.3) is 0 Å². The molecule has 0 radical (unpaired) electrons. The first-order valence-corrected chi connectivity index (χ1v) is 9.08. The molecule has 148 valence electrons. The van der Waals surface area contributed by atoms with Gasteiger partial charge in [-0.3, -0.25) is 4.79 Å². The molecular weight excluding hydrogens is 363 g/mol. The van der Waals surface area contributed by atoms with Gasteiger partial charge < -0.3 is 19.6 Å². The molecule has 8 heteroatoms. The smallest absolute Gasteiger partial charge is 0.295 e. The summed E-state index contributed by atoms with van der Waals surface area (Å²) in [4.78, 5) is 15.5. The van der Waals surface area contributed by atoms with Gasteiger partial charge >= 0.3 is 0 Å². The Labute approximate surface area is 163 Å². The third-order valence-electron chi connectivity index (χ3n) is 4.68. The Hall–Kier alpha value is -3.13. The zero-order chi connectivity index (χ0) is 19.9. The van der Waals surface area contributed by atoms with E-state index in [9.17, 15) is 14.3 Å². The number of nitrogens with one attached hydrogen (secondary N) is 2. The maximum absolute atomic E-state index is 13.0. The van der Waals surface area contributed by atoms with Crippen LogP contribution in [-0.2, 0) is 4.79 Å². The number of amides is 1. The second-order valence-corrected chi connectivity index (χ2v) is 6.61. The first-order chi connectivity index (χ1) is 13.5. The summed E-state index contributed by atoms with van der Waals surface area (Å²) in [6, 6.07) is 11.3. The minimum atomic E-state index is -0.240. The summed E-state index contributed by atoms with van der Waals surface area (Å²) in [6.07, 6.45) is 1.50. The molecule has 2 aromatic carbocycles. The number of carbonyl (C=O) groups is 1. The Morgan fingerprint density at radius 2 is 2.00 bits per heavy atom. The number of benzene rings is 2. The summed E-state index contributed by atoms with van der Waals surface area (Å²) < 4.78 is 18.1. The third-order valence-corrected chi connectivity index (χ3v) is 4.68. The molecule has 0 atom stereocenters. The second-order valence-electron chi connectivity index (χ2n) is 6.61. The fraction of sp³-hybridized carbons (Fsp3) is 0.300. The van der Waals surface area contributed by atoms with E-state index in [1.807, 2.05) is 0 Å². The van der Waals surface area contributed by atoms with Crippen molar-refractivity contribution in [3.8, 4) is 11.5 Å². The zero-order valence-electron chi connectivity index (χ0n) is 15.7. The summed E-state index contributed by atoms with van der Waals surface area (Å²) in [5.74, 6) is -0.00554. The number of methoxy groups -OCH3 is 1. The number of ether oxygens (including phenoxy) is 1. The maximum atomic E-state index is 13.0. The first-order valence-electron chi connectivity index (χ1n) is 9.08. The fourth-order valence-corrected chi connectivity index (χ4v) is 3.13. The summed E-state index contributed by atoms with van der Waals surface area (Å²) in [7, 11) is 1.47. The van der Waals surface area contributed by atoms with E-state index in [1.165, 1.54) is 36.4 Å². The predicted octanol–water partition coefficient (Wildman–Crippen LogP) is 0.395. The van der Waals surface area contributed by atoms with Gasteiger partial charge in [-0.15, -0.1) is 0 Å². The van der Waals surface area contributed by atoms with Crippen molar-refractivity contribution in [1.29, 1.82) is 0 Å². The van der Waals surface area contributed by atoms with Gasteiger partial charge in [-0.25, -0.2) is 9.82 Å². The summed E-state index contributed by atoms with van der Waals surface area (Å²) in [5.41, 5.74) is 4.23. The van der Waals surface area contributed by atoms with Gasteiger partial charge in [-0.2, -0.15) is 5.10 Å². The van der Waals surface area contributed by atoms with Crippen LogP contribution in [0.4, 0.5) is 10.1 Å². The van der Waals surface area contributed by atoms with Crippen molar-refractivity contribution in [3.63, 3.8) is 0 Å². The van der Waals surface area contributed by atoms with Crippen LogP contribution >= 0.6 is 0 Å². The van der Waals surface area contributed by atoms with E-state index in [0.29, 0.717) is 17.9 Å². The average Bonchev–Trinajstić information content (AvgIpc) is 2.70. The molecule has 1 heterocycles. The number of phenolic OH excluding ortho intramolecular Hbond substituents is 1. The Kier molecular flexibility index (Phi) is 6.44. The highest BCUT2D eigenvalue weighted by atomic mass is 19.1. The van der Waals surface area contributed by atoms with E-state index in [4.69, 9.17) is 4.74 Å². The van der Waals surface area contributed by atoms with Crippen LogP contribution in [0.3, 0.4) is 0 Å². The van der Waals surface area contributed by atoms with E-state index in [2.05, 4.69) is 15.4 Å². The third kappa shape index (κ3) is 5.20. The van der Waals surface area contributed by atoms with Gasteiger partial charge in [0.2, 0.25) is 0 Å². The topological polar surface area (TPSA) is 78.6 Å². The highest BCUT2D eigenvalue weighted by Gasteiger charge is 2.22. The molecule has 28 heavy (non-hydrogen) atoms. The number of hydrogen-bond donors (Lipinski definition) is 3. The quantitative estimate of drug-likeness (QED) is 0.495. The predicted molar refractivity (Wildman–Crippen MR) is 105 cm³/mol. The first kappa shape index (κ1) is 19.6.